The third-order valence-electron chi connectivity index (χ3n) is 2.85. The first-order valence-corrected chi connectivity index (χ1v) is 6.52. The van der Waals surface area contributed by atoms with Crippen molar-refractivity contribution >= 4 is 11.9 Å². The molecule has 0 aromatic heterocycles. The maximum Gasteiger partial charge on any atom is 0.414 e. The molecule has 0 aliphatic carbocycles. The lowest BCUT2D eigenvalue weighted by atomic mass is 10.2. The maximum absolute atomic E-state index is 13.2. The average molecular weight is 299 g/mol. The largest absolute Gasteiger partial charge is 0.473 e. The number of rotatable bonds is 4. The number of benzene rings is 1. The second kappa shape index (κ2) is 9.04. The van der Waals surface area contributed by atoms with Crippen molar-refractivity contribution in [2.45, 2.75) is 25.5 Å². The van der Waals surface area contributed by atoms with Crippen LogP contribution in [0.3, 0.4) is 0 Å². The van der Waals surface area contributed by atoms with Gasteiger partial charge in [-0.1, -0.05) is 18.2 Å². The molecule has 1 fully saturated rings. The van der Waals surface area contributed by atoms with Gasteiger partial charge in [-0.25, -0.2) is 14.0 Å². The zero-order valence-electron chi connectivity index (χ0n) is 11.4. The zero-order chi connectivity index (χ0) is 15.7. The lowest BCUT2D eigenvalue weighted by Gasteiger charge is -2.10. The molecule has 0 radical (unpaired) electrons. The number of ether oxygens (including phenoxy) is 1. The van der Waals surface area contributed by atoms with E-state index in [9.17, 15) is 4.39 Å². The summed E-state index contributed by atoms with van der Waals surface area (Å²) in [5.41, 5.74) is 0.718. The van der Waals surface area contributed by atoms with Crippen LogP contribution in [0.1, 0.15) is 18.4 Å². The summed E-state index contributed by atoms with van der Waals surface area (Å²) in [6, 6.07) is 6.85. The number of carboxylic acids is 2. The molecule has 1 saturated heterocycles. The van der Waals surface area contributed by atoms with Crippen molar-refractivity contribution in [1.29, 1.82) is 0 Å². The minimum absolute atomic E-state index is 0.141. The molecular formula is C14H18FNO5. The van der Waals surface area contributed by atoms with E-state index < -0.39 is 11.9 Å². The van der Waals surface area contributed by atoms with Gasteiger partial charge >= 0.3 is 11.9 Å². The fourth-order valence-corrected chi connectivity index (χ4v) is 1.81. The van der Waals surface area contributed by atoms with Crippen LogP contribution in [-0.2, 0) is 20.9 Å². The fourth-order valence-electron chi connectivity index (χ4n) is 1.81. The molecule has 2 rings (SSSR count). The number of aliphatic carboxylic acids is 2. The van der Waals surface area contributed by atoms with Gasteiger partial charge in [-0.3, -0.25) is 0 Å². The van der Waals surface area contributed by atoms with Crippen LogP contribution in [0, 0.1) is 5.82 Å². The van der Waals surface area contributed by atoms with Crippen LogP contribution < -0.4 is 5.32 Å². The lowest BCUT2D eigenvalue weighted by Crippen LogP contribution is -2.26. The number of hydrogen-bond donors (Lipinski definition) is 3. The van der Waals surface area contributed by atoms with Crippen molar-refractivity contribution < 1.29 is 28.9 Å². The molecular weight excluding hydrogens is 281 g/mol. The quantitative estimate of drug-likeness (QED) is 0.724. The van der Waals surface area contributed by atoms with E-state index in [1.165, 1.54) is 6.07 Å². The Hall–Kier alpha value is -1.99. The predicted molar refractivity (Wildman–Crippen MR) is 72.4 cm³/mol. The zero-order valence-corrected chi connectivity index (χ0v) is 11.4. The summed E-state index contributed by atoms with van der Waals surface area (Å²) in [5, 5.41) is 18.0. The van der Waals surface area contributed by atoms with Crippen LogP contribution >= 0.6 is 0 Å². The second-order valence-corrected chi connectivity index (χ2v) is 4.47. The van der Waals surface area contributed by atoms with Crippen LogP contribution in [0.4, 0.5) is 4.39 Å². The van der Waals surface area contributed by atoms with Gasteiger partial charge in [0.15, 0.2) is 0 Å². The van der Waals surface area contributed by atoms with Crippen LogP contribution in [-0.4, -0.2) is 41.4 Å². The van der Waals surface area contributed by atoms with Crippen LogP contribution in [0.2, 0.25) is 0 Å². The molecule has 1 aliphatic heterocycles. The third-order valence-corrected chi connectivity index (χ3v) is 2.85. The Balaban J connectivity index is 0.000000315. The monoisotopic (exact) mass is 299 g/mol. The molecule has 1 aromatic rings. The van der Waals surface area contributed by atoms with Gasteiger partial charge < -0.3 is 20.3 Å². The van der Waals surface area contributed by atoms with Crippen molar-refractivity contribution in [3.8, 4) is 0 Å². The summed E-state index contributed by atoms with van der Waals surface area (Å²) < 4.78 is 18.7. The number of hydrogen-bond acceptors (Lipinski definition) is 4. The van der Waals surface area contributed by atoms with E-state index in [4.69, 9.17) is 24.5 Å². The Morgan fingerprint density at radius 3 is 2.48 bits per heavy atom. The number of carboxylic acid groups (broad SMARTS) is 2. The van der Waals surface area contributed by atoms with Crippen LogP contribution in [0.5, 0.6) is 0 Å². The molecule has 1 atom stereocenters. The van der Waals surface area contributed by atoms with Crippen LogP contribution in [0.25, 0.3) is 0 Å². The summed E-state index contributed by atoms with van der Waals surface area (Å²) in [7, 11) is 0. The molecule has 1 heterocycles. The molecule has 0 spiro atoms. The fraction of sp³-hybridized carbons (Fsp3) is 0.429. The standard InChI is InChI=1S/C12H16FNO.C2H2O4/c13-12-6-2-1-4-10(12)8-14-9-11-5-3-7-15-11;3-1(4)2(5)6/h1-2,4,6,11,14H,3,5,7-9H2;(H,3,4)(H,5,6). The molecule has 1 aromatic carbocycles. The number of carbonyl (C=O) groups is 2. The molecule has 1 aliphatic rings. The normalized spacial score (nSPS) is 16.9. The molecule has 7 heteroatoms. The highest BCUT2D eigenvalue weighted by molar-refractivity contribution is 6.27. The molecule has 0 bridgehead atoms. The van der Waals surface area contributed by atoms with E-state index in [0.29, 0.717) is 12.6 Å². The highest BCUT2D eigenvalue weighted by Gasteiger charge is 2.14. The lowest BCUT2D eigenvalue weighted by molar-refractivity contribution is -0.159. The summed E-state index contributed by atoms with van der Waals surface area (Å²) in [6.07, 6.45) is 2.58. The van der Waals surface area contributed by atoms with Crippen molar-refractivity contribution in [1.82, 2.24) is 5.32 Å². The van der Waals surface area contributed by atoms with Gasteiger partial charge in [0.25, 0.3) is 0 Å². The summed E-state index contributed by atoms with van der Waals surface area (Å²) in [6.45, 7) is 2.26. The average Bonchev–Trinajstić information content (AvgIpc) is 2.95. The van der Waals surface area contributed by atoms with Gasteiger partial charge in [-0.05, 0) is 18.9 Å². The van der Waals surface area contributed by atoms with E-state index in [-0.39, 0.29) is 5.82 Å². The van der Waals surface area contributed by atoms with Gasteiger partial charge in [-0.2, -0.15) is 0 Å². The molecule has 116 valence electrons. The van der Waals surface area contributed by atoms with Crippen molar-refractivity contribution in [2.75, 3.05) is 13.2 Å². The minimum Gasteiger partial charge on any atom is -0.473 e. The van der Waals surface area contributed by atoms with Gasteiger partial charge in [0.05, 0.1) is 6.10 Å². The van der Waals surface area contributed by atoms with Gasteiger partial charge in [0.1, 0.15) is 5.82 Å². The first kappa shape index (κ1) is 17.1. The smallest absolute Gasteiger partial charge is 0.414 e. The Kier molecular flexibility index (Phi) is 7.34. The van der Waals surface area contributed by atoms with E-state index in [1.54, 1.807) is 12.1 Å². The Labute approximate surface area is 121 Å². The molecule has 0 saturated carbocycles. The number of nitrogens with one attached hydrogen (secondary N) is 1. The molecule has 3 N–H and O–H groups in total. The van der Waals surface area contributed by atoms with Gasteiger partial charge in [0, 0.05) is 25.3 Å². The maximum atomic E-state index is 13.2. The van der Waals surface area contributed by atoms with Crippen molar-refractivity contribution in [3.05, 3.63) is 35.6 Å². The van der Waals surface area contributed by atoms with E-state index >= 15 is 0 Å². The molecule has 6 nitrogen and oxygen atoms in total. The predicted octanol–water partition coefficient (Wildman–Crippen LogP) is 1.25. The van der Waals surface area contributed by atoms with E-state index in [2.05, 4.69) is 5.32 Å². The molecule has 21 heavy (non-hydrogen) atoms. The molecule has 1 unspecified atom stereocenters. The minimum atomic E-state index is -1.82. The Bertz CT molecular complexity index is 462. The van der Waals surface area contributed by atoms with Crippen molar-refractivity contribution in [2.24, 2.45) is 0 Å². The van der Waals surface area contributed by atoms with Gasteiger partial charge in [0.2, 0.25) is 0 Å². The SMILES string of the molecule is Fc1ccccc1CNCC1CCCO1.O=C(O)C(=O)O. The first-order valence-electron chi connectivity index (χ1n) is 6.52. The molecule has 0 amide bonds. The summed E-state index contributed by atoms with van der Waals surface area (Å²) in [4.78, 5) is 18.2. The Morgan fingerprint density at radius 2 is 1.95 bits per heavy atom. The first-order chi connectivity index (χ1) is 10.0. The Morgan fingerprint density at radius 1 is 1.29 bits per heavy atom. The highest BCUT2D eigenvalue weighted by atomic mass is 19.1. The summed E-state index contributed by atoms with van der Waals surface area (Å²) in [5.74, 6) is -3.79. The topological polar surface area (TPSA) is 95.9 Å². The van der Waals surface area contributed by atoms with E-state index in [0.717, 1.165) is 31.6 Å². The van der Waals surface area contributed by atoms with Crippen LogP contribution in [0.15, 0.2) is 24.3 Å². The number of halogens is 1. The summed E-state index contributed by atoms with van der Waals surface area (Å²) >= 11 is 0. The van der Waals surface area contributed by atoms with E-state index in [1.807, 2.05) is 6.07 Å². The van der Waals surface area contributed by atoms with Gasteiger partial charge in [-0.15, -0.1) is 0 Å². The van der Waals surface area contributed by atoms with Crippen molar-refractivity contribution in [3.63, 3.8) is 0 Å². The third kappa shape index (κ3) is 6.82. The second-order valence-electron chi connectivity index (χ2n) is 4.47. The highest BCUT2D eigenvalue weighted by Crippen LogP contribution is 2.11.